The van der Waals surface area contributed by atoms with Crippen LogP contribution >= 0.6 is 0 Å². The Bertz CT molecular complexity index is 901. The van der Waals surface area contributed by atoms with Crippen LogP contribution in [0.3, 0.4) is 0 Å². The summed E-state index contributed by atoms with van der Waals surface area (Å²) in [5.74, 6) is -1.22. The highest BCUT2D eigenvalue weighted by molar-refractivity contribution is 6.27. The highest BCUT2D eigenvalue weighted by Crippen LogP contribution is 2.40. The molecule has 0 aliphatic carbocycles. The number of Topliss-reactive ketones (excluding diaryl/α,β-unsaturated/α-hetero) is 1. The van der Waals surface area contributed by atoms with Gasteiger partial charge in [-0.2, -0.15) is 0 Å². The molecule has 1 aromatic carbocycles. The molecular weight excluding hydrogens is 372 g/mol. The van der Waals surface area contributed by atoms with E-state index in [1.54, 1.807) is 4.90 Å². The van der Waals surface area contributed by atoms with E-state index in [4.69, 9.17) is 0 Å². The molecule has 4 aliphatic heterocycles. The minimum absolute atomic E-state index is 0.238. The third-order valence-corrected chi connectivity index (χ3v) is 6.78. The summed E-state index contributed by atoms with van der Waals surface area (Å²) in [7, 11) is 0. The van der Waals surface area contributed by atoms with Gasteiger partial charge in [0.05, 0.1) is 6.04 Å². The van der Waals surface area contributed by atoms with Crippen LogP contribution in [0.25, 0.3) is 0 Å². The van der Waals surface area contributed by atoms with Gasteiger partial charge >= 0.3 is 0 Å². The third kappa shape index (κ3) is 3.11. The van der Waals surface area contributed by atoms with Crippen LogP contribution in [0.4, 0.5) is 0 Å². The Kier molecular flexibility index (Phi) is 4.57. The van der Waals surface area contributed by atoms with Gasteiger partial charge in [0.2, 0.25) is 17.6 Å². The van der Waals surface area contributed by atoms with E-state index in [1.165, 1.54) is 0 Å². The molecular formula is C21H24N4O4. The predicted molar refractivity (Wildman–Crippen MR) is 103 cm³/mol. The number of nitrogens with zero attached hydrogens (tertiary/aromatic N) is 2. The van der Waals surface area contributed by atoms with Crippen molar-refractivity contribution >= 4 is 23.9 Å². The number of aldehydes is 1. The number of amides is 2. The van der Waals surface area contributed by atoms with Gasteiger partial charge in [-0.15, -0.1) is 0 Å². The average Bonchev–Trinajstić information content (AvgIpc) is 3.41. The molecule has 152 valence electrons. The number of carbonyl (C=O) groups is 4. The zero-order valence-electron chi connectivity index (χ0n) is 16.1. The van der Waals surface area contributed by atoms with Crippen molar-refractivity contribution in [1.82, 2.24) is 20.4 Å². The number of rotatable bonds is 5. The van der Waals surface area contributed by atoms with Crippen molar-refractivity contribution in [3.05, 3.63) is 34.9 Å². The smallest absolute Gasteiger partial charge is 0.243 e. The molecule has 2 N–H and O–H groups in total. The minimum Gasteiger partial charge on any atom is -0.311 e. The van der Waals surface area contributed by atoms with Crippen molar-refractivity contribution in [3.63, 3.8) is 0 Å². The Morgan fingerprint density at radius 3 is 2.83 bits per heavy atom. The number of benzene rings is 1. The van der Waals surface area contributed by atoms with Gasteiger partial charge in [-0.05, 0) is 29.5 Å². The van der Waals surface area contributed by atoms with Gasteiger partial charge in [0.25, 0.3) is 0 Å². The first-order chi connectivity index (χ1) is 14.0. The van der Waals surface area contributed by atoms with Crippen molar-refractivity contribution < 1.29 is 19.2 Å². The molecule has 3 fully saturated rings. The first-order valence-corrected chi connectivity index (χ1v) is 10.2. The molecule has 0 aromatic heterocycles. The fourth-order valence-electron chi connectivity index (χ4n) is 5.47. The molecule has 0 radical (unpaired) electrons. The summed E-state index contributed by atoms with van der Waals surface area (Å²) in [6, 6.07) is 5.66. The average molecular weight is 396 g/mol. The van der Waals surface area contributed by atoms with Crippen LogP contribution in [0, 0.1) is 0 Å². The highest BCUT2D eigenvalue weighted by Gasteiger charge is 2.45. The topological polar surface area (TPSA) is 98.8 Å². The molecule has 4 aliphatic rings. The van der Waals surface area contributed by atoms with Crippen LogP contribution < -0.4 is 10.6 Å². The highest BCUT2D eigenvalue weighted by atomic mass is 16.2. The fraction of sp³-hybridized carbons (Fsp3) is 0.524. The number of nitrogens with one attached hydrogen (secondary N) is 2. The van der Waals surface area contributed by atoms with E-state index >= 15 is 0 Å². The van der Waals surface area contributed by atoms with Crippen LogP contribution in [0.1, 0.15) is 42.0 Å². The van der Waals surface area contributed by atoms with E-state index in [9.17, 15) is 19.2 Å². The van der Waals surface area contributed by atoms with Crippen LogP contribution in [-0.2, 0) is 32.3 Å². The van der Waals surface area contributed by atoms with Gasteiger partial charge in [-0.3, -0.25) is 34.3 Å². The number of imide groups is 1. The molecule has 5 rings (SSSR count). The summed E-state index contributed by atoms with van der Waals surface area (Å²) in [4.78, 5) is 52.4. The van der Waals surface area contributed by atoms with E-state index in [2.05, 4.69) is 15.5 Å². The van der Waals surface area contributed by atoms with Crippen molar-refractivity contribution in [2.75, 3.05) is 13.1 Å². The standard InChI is InChI=1S/C21H24N4O4/c26-11-17(27)20-19-12(8-24-10-14-6-15(24)7-22-14)2-1-3-13(19)9-25(20)16-4-5-18(28)23-21(16)29/h1-3,11,14-16,20,22H,4-10H2,(H,23,28,29). The number of piperazine rings is 1. The van der Waals surface area contributed by atoms with Crippen molar-refractivity contribution in [2.45, 2.75) is 56.5 Å². The van der Waals surface area contributed by atoms with Gasteiger partial charge in [-0.25, -0.2) is 0 Å². The lowest BCUT2D eigenvalue weighted by atomic mass is 9.94. The molecule has 8 nitrogen and oxygen atoms in total. The molecule has 8 heteroatoms. The van der Waals surface area contributed by atoms with Crippen molar-refractivity contribution in [1.29, 1.82) is 0 Å². The molecule has 0 spiro atoms. The Labute approximate surface area is 168 Å². The van der Waals surface area contributed by atoms with E-state index in [1.807, 2.05) is 18.2 Å². The van der Waals surface area contributed by atoms with E-state index in [0.717, 1.165) is 42.7 Å². The SMILES string of the molecule is O=CC(=O)C1c2c(CN3CC4CC3CN4)cccc2CN1C1CCC(=O)NC1=O. The van der Waals surface area contributed by atoms with Gasteiger partial charge in [0.15, 0.2) is 6.29 Å². The normalized spacial score (nSPS) is 31.7. The number of hydrogen-bond acceptors (Lipinski definition) is 7. The van der Waals surface area contributed by atoms with Crippen LogP contribution in [-0.4, -0.2) is 64.9 Å². The summed E-state index contributed by atoms with van der Waals surface area (Å²) in [6.45, 7) is 3.13. The predicted octanol–water partition coefficient (Wildman–Crippen LogP) is -0.337. The monoisotopic (exact) mass is 396 g/mol. The minimum atomic E-state index is -0.763. The first-order valence-electron chi connectivity index (χ1n) is 10.2. The molecule has 4 heterocycles. The van der Waals surface area contributed by atoms with Crippen LogP contribution in [0.15, 0.2) is 18.2 Å². The maximum atomic E-state index is 12.7. The van der Waals surface area contributed by atoms with Crippen molar-refractivity contribution in [3.8, 4) is 0 Å². The van der Waals surface area contributed by atoms with E-state index in [-0.39, 0.29) is 18.2 Å². The second-order valence-corrected chi connectivity index (χ2v) is 8.48. The zero-order chi connectivity index (χ0) is 20.1. The number of likely N-dealkylation sites (tertiary alicyclic amines) is 1. The Morgan fingerprint density at radius 2 is 2.14 bits per heavy atom. The summed E-state index contributed by atoms with van der Waals surface area (Å²) in [5, 5.41) is 5.86. The number of ketones is 1. The lowest BCUT2D eigenvalue weighted by Crippen LogP contribution is -2.52. The zero-order valence-corrected chi connectivity index (χ0v) is 16.1. The second kappa shape index (κ2) is 7.12. The number of piperidine rings is 1. The molecule has 1 aromatic rings. The second-order valence-electron chi connectivity index (χ2n) is 8.48. The Balaban J connectivity index is 1.47. The van der Waals surface area contributed by atoms with Crippen LogP contribution in [0.5, 0.6) is 0 Å². The van der Waals surface area contributed by atoms with E-state index in [0.29, 0.717) is 31.3 Å². The maximum absolute atomic E-state index is 12.7. The molecule has 4 atom stereocenters. The number of fused-ring (bicyclic) bond motifs is 3. The van der Waals surface area contributed by atoms with E-state index < -0.39 is 17.9 Å². The molecule has 4 unspecified atom stereocenters. The molecule has 2 amide bonds. The largest absolute Gasteiger partial charge is 0.311 e. The molecule has 0 saturated carbocycles. The summed E-state index contributed by atoms with van der Waals surface area (Å²) < 4.78 is 0. The molecule has 3 saturated heterocycles. The number of carbonyl (C=O) groups excluding carboxylic acids is 4. The molecule has 2 bridgehead atoms. The molecule has 29 heavy (non-hydrogen) atoms. The summed E-state index contributed by atoms with van der Waals surface area (Å²) >= 11 is 0. The van der Waals surface area contributed by atoms with Crippen LogP contribution in [0.2, 0.25) is 0 Å². The summed E-state index contributed by atoms with van der Waals surface area (Å²) in [5.41, 5.74) is 2.89. The maximum Gasteiger partial charge on any atom is 0.243 e. The first kappa shape index (κ1) is 18.6. The Hall–Kier alpha value is -2.42. The number of hydrogen-bond donors (Lipinski definition) is 2. The lowest BCUT2D eigenvalue weighted by Gasteiger charge is -2.33. The van der Waals surface area contributed by atoms with Gasteiger partial charge < -0.3 is 5.32 Å². The van der Waals surface area contributed by atoms with Crippen molar-refractivity contribution in [2.24, 2.45) is 0 Å². The van der Waals surface area contributed by atoms with Gasteiger partial charge in [0, 0.05) is 44.7 Å². The van der Waals surface area contributed by atoms with Gasteiger partial charge in [0.1, 0.15) is 6.04 Å². The summed E-state index contributed by atoms with van der Waals surface area (Å²) in [6.07, 6.45) is 2.10. The lowest BCUT2D eigenvalue weighted by molar-refractivity contribution is -0.141. The Morgan fingerprint density at radius 1 is 1.28 bits per heavy atom. The third-order valence-electron chi connectivity index (χ3n) is 6.78. The fourth-order valence-corrected chi connectivity index (χ4v) is 5.47. The quantitative estimate of drug-likeness (QED) is 0.399. The van der Waals surface area contributed by atoms with Gasteiger partial charge in [-0.1, -0.05) is 18.2 Å².